The van der Waals surface area contributed by atoms with E-state index in [1.807, 2.05) is 13.1 Å². The van der Waals surface area contributed by atoms with Crippen LogP contribution in [0, 0.1) is 12.8 Å². The zero-order valence-electron chi connectivity index (χ0n) is 10.1. The molecule has 1 aromatic rings. The molecule has 1 saturated heterocycles. The Bertz CT molecular complexity index is 467. The van der Waals surface area contributed by atoms with E-state index < -0.39 is 9.84 Å². The van der Waals surface area contributed by atoms with Crippen LogP contribution in [0.3, 0.4) is 0 Å². The first-order valence-corrected chi connectivity index (χ1v) is 7.78. The van der Waals surface area contributed by atoms with Gasteiger partial charge in [-0.15, -0.1) is 0 Å². The fourth-order valence-corrected chi connectivity index (χ4v) is 4.04. The lowest BCUT2D eigenvalue weighted by Gasteiger charge is -2.10. The van der Waals surface area contributed by atoms with Gasteiger partial charge in [0.25, 0.3) is 0 Å². The van der Waals surface area contributed by atoms with Gasteiger partial charge in [0.2, 0.25) is 0 Å². The summed E-state index contributed by atoms with van der Waals surface area (Å²) in [6.07, 6.45) is 4.55. The van der Waals surface area contributed by atoms with Crippen LogP contribution in [-0.2, 0) is 16.4 Å². The summed E-state index contributed by atoms with van der Waals surface area (Å²) in [7, 11) is -2.74. The van der Waals surface area contributed by atoms with Gasteiger partial charge < -0.3 is 9.88 Å². The number of hydrogen-bond donors (Lipinski definition) is 1. The van der Waals surface area contributed by atoms with Gasteiger partial charge in [0.1, 0.15) is 5.82 Å². The Balaban J connectivity index is 1.66. The van der Waals surface area contributed by atoms with Gasteiger partial charge in [-0.2, -0.15) is 0 Å². The van der Waals surface area contributed by atoms with E-state index in [9.17, 15) is 8.42 Å². The second-order valence-corrected chi connectivity index (χ2v) is 6.87. The molecular formula is C11H19N3O2S. The largest absolute Gasteiger partial charge is 0.334 e. The third-order valence-corrected chi connectivity index (χ3v) is 5.05. The molecule has 2 heterocycles. The van der Waals surface area contributed by atoms with Crippen LogP contribution in [0.1, 0.15) is 12.2 Å². The summed E-state index contributed by atoms with van der Waals surface area (Å²) in [6.45, 7) is 4.51. The van der Waals surface area contributed by atoms with Gasteiger partial charge in [-0.05, 0) is 25.8 Å². The Morgan fingerprint density at radius 1 is 1.59 bits per heavy atom. The molecule has 1 aliphatic heterocycles. The minimum Gasteiger partial charge on any atom is -0.334 e. The third kappa shape index (κ3) is 3.54. The van der Waals surface area contributed by atoms with Crippen LogP contribution in [0.5, 0.6) is 0 Å². The quantitative estimate of drug-likeness (QED) is 0.766. The molecule has 0 amide bonds. The molecule has 0 aliphatic carbocycles. The minimum atomic E-state index is -2.74. The van der Waals surface area contributed by atoms with Gasteiger partial charge in [0.15, 0.2) is 9.84 Å². The molecule has 5 nitrogen and oxygen atoms in total. The van der Waals surface area contributed by atoms with Gasteiger partial charge in [0.05, 0.1) is 11.5 Å². The highest BCUT2D eigenvalue weighted by atomic mass is 32.2. The predicted octanol–water partition coefficient (Wildman–Crippen LogP) is 0.216. The van der Waals surface area contributed by atoms with E-state index in [0.29, 0.717) is 17.4 Å². The maximum Gasteiger partial charge on any atom is 0.150 e. The molecule has 1 aliphatic rings. The van der Waals surface area contributed by atoms with Crippen LogP contribution in [0.2, 0.25) is 0 Å². The fourth-order valence-electron chi connectivity index (χ4n) is 2.18. The zero-order valence-corrected chi connectivity index (χ0v) is 10.9. The van der Waals surface area contributed by atoms with Gasteiger partial charge in [-0.25, -0.2) is 13.4 Å². The maximum atomic E-state index is 11.3. The first-order chi connectivity index (χ1) is 8.07. The highest BCUT2D eigenvalue weighted by molar-refractivity contribution is 7.91. The van der Waals surface area contributed by atoms with Crippen LogP contribution in [-0.4, -0.2) is 42.6 Å². The lowest BCUT2D eigenvalue weighted by molar-refractivity contribution is 0.499. The normalized spacial score (nSPS) is 23.0. The predicted molar refractivity (Wildman–Crippen MR) is 66.6 cm³/mol. The van der Waals surface area contributed by atoms with Crippen LogP contribution < -0.4 is 5.32 Å². The Labute approximate surface area is 102 Å². The van der Waals surface area contributed by atoms with Crippen LogP contribution in [0.15, 0.2) is 12.4 Å². The van der Waals surface area contributed by atoms with E-state index in [2.05, 4.69) is 14.9 Å². The number of aromatic nitrogens is 2. The highest BCUT2D eigenvalue weighted by Gasteiger charge is 2.27. The Morgan fingerprint density at radius 2 is 2.41 bits per heavy atom. The van der Waals surface area contributed by atoms with Crippen molar-refractivity contribution in [2.75, 3.05) is 24.6 Å². The molecule has 0 bridgehead atoms. The number of nitrogens with one attached hydrogen (secondary N) is 1. The third-order valence-electron chi connectivity index (χ3n) is 3.21. The van der Waals surface area contributed by atoms with Crippen molar-refractivity contribution >= 4 is 9.84 Å². The summed E-state index contributed by atoms with van der Waals surface area (Å²) in [5.41, 5.74) is 0. The monoisotopic (exact) mass is 257 g/mol. The van der Waals surface area contributed by atoms with Crippen LogP contribution >= 0.6 is 0 Å². The summed E-state index contributed by atoms with van der Waals surface area (Å²) in [5, 5.41) is 3.32. The molecule has 1 atom stereocenters. The molecule has 0 saturated carbocycles. The standard InChI is InChI=1S/C11H19N3O2S/c1-10-13-4-6-14(10)5-3-12-8-11-2-7-17(15,16)9-11/h4,6,11-12H,2-3,5,7-9H2,1H3. The van der Waals surface area contributed by atoms with Crippen LogP contribution in [0.25, 0.3) is 0 Å². The fraction of sp³-hybridized carbons (Fsp3) is 0.727. The summed E-state index contributed by atoms with van der Waals surface area (Å²) in [6, 6.07) is 0. The minimum absolute atomic E-state index is 0.295. The smallest absolute Gasteiger partial charge is 0.150 e. The first kappa shape index (κ1) is 12.6. The van der Waals surface area contributed by atoms with E-state index in [1.54, 1.807) is 6.20 Å². The van der Waals surface area contributed by atoms with Crippen molar-refractivity contribution < 1.29 is 8.42 Å². The Hall–Kier alpha value is -0.880. The van der Waals surface area contributed by atoms with Crippen molar-refractivity contribution in [1.82, 2.24) is 14.9 Å². The molecular weight excluding hydrogens is 238 g/mol. The van der Waals surface area contributed by atoms with Crippen molar-refractivity contribution in [3.05, 3.63) is 18.2 Å². The van der Waals surface area contributed by atoms with Crippen molar-refractivity contribution in [3.63, 3.8) is 0 Å². The Kier molecular flexibility index (Phi) is 3.83. The highest BCUT2D eigenvalue weighted by Crippen LogP contribution is 2.17. The van der Waals surface area contributed by atoms with Gasteiger partial charge in [0, 0.05) is 25.5 Å². The number of imidazole rings is 1. The van der Waals surface area contributed by atoms with E-state index in [4.69, 9.17) is 0 Å². The average molecular weight is 257 g/mol. The van der Waals surface area contributed by atoms with E-state index in [1.165, 1.54) is 0 Å². The molecule has 1 fully saturated rings. The molecule has 1 aromatic heterocycles. The lowest BCUT2D eigenvalue weighted by atomic mass is 10.1. The second kappa shape index (κ2) is 5.18. The molecule has 17 heavy (non-hydrogen) atoms. The summed E-state index contributed by atoms with van der Waals surface area (Å²) >= 11 is 0. The van der Waals surface area contributed by atoms with Crippen molar-refractivity contribution in [2.45, 2.75) is 19.9 Å². The number of rotatable bonds is 5. The van der Waals surface area contributed by atoms with Crippen molar-refractivity contribution in [3.8, 4) is 0 Å². The molecule has 0 aromatic carbocycles. The number of hydrogen-bond acceptors (Lipinski definition) is 4. The zero-order chi connectivity index (χ0) is 12.3. The molecule has 0 spiro atoms. The molecule has 0 radical (unpaired) electrons. The van der Waals surface area contributed by atoms with E-state index >= 15 is 0 Å². The molecule has 1 unspecified atom stereocenters. The Morgan fingerprint density at radius 3 is 3.00 bits per heavy atom. The number of nitrogens with zero attached hydrogens (tertiary/aromatic N) is 2. The van der Waals surface area contributed by atoms with Gasteiger partial charge in [-0.1, -0.05) is 0 Å². The molecule has 2 rings (SSSR count). The van der Waals surface area contributed by atoms with E-state index in [-0.39, 0.29) is 0 Å². The topological polar surface area (TPSA) is 64.0 Å². The van der Waals surface area contributed by atoms with Crippen molar-refractivity contribution in [1.29, 1.82) is 0 Å². The summed E-state index contributed by atoms with van der Waals surface area (Å²) < 4.78 is 24.6. The summed E-state index contributed by atoms with van der Waals surface area (Å²) in [4.78, 5) is 4.15. The number of sulfone groups is 1. The average Bonchev–Trinajstić information content (AvgIpc) is 2.80. The van der Waals surface area contributed by atoms with Gasteiger partial charge in [-0.3, -0.25) is 0 Å². The van der Waals surface area contributed by atoms with Gasteiger partial charge >= 0.3 is 0 Å². The number of aryl methyl sites for hydroxylation is 1. The first-order valence-electron chi connectivity index (χ1n) is 5.96. The molecule has 96 valence electrons. The lowest BCUT2D eigenvalue weighted by Crippen LogP contribution is -2.27. The second-order valence-electron chi connectivity index (χ2n) is 4.64. The summed E-state index contributed by atoms with van der Waals surface area (Å²) in [5.74, 6) is 2.02. The van der Waals surface area contributed by atoms with Crippen molar-refractivity contribution in [2.24, 2.45) is 5.92 Å². The van der Waals surface area contributed by atoms with E-state index in [0.717, 1.165) is 31.9 Å². The van der Waals surface area contributed by atoms with Crippen LogP contribution in [0.4, 0.5) is 0 Å². The SMILES string of the molecule is Cc1nccn1CCNCC1CCS(=O)(=O)C1. The molecule has 1 N–H and O–H groups in total. The maximum absolute atomic E-state index is 11.3. The molecule has 6 heteroatoms.